The van der Waals surface area contributed by atoms with E-state index in [1.165, 1.54) is 0 Å². The van der Waals surface area contributed by atoms with E-state index in [9.17, 15) is 4.79 Å². The van der Waals surface area contributed by atoms with Gasteiger partial charge >= 0.3 is 0 Å². The van der Waals surface area contributed by atoms with E-state index < -0.39 is 0 Å². The lowest BCUT2D eigenvalue weighted by Crippen LogP contribution is -1.97. The molecule has 0 aliphatic rings. The Morgan fingerprint density at radius 1 is 1.12 bits per heavy atom. The van der Waals surface area contributed by atoms with Crippen molar-refractivity contribution in [2.24, 2.45) is 0 Å². The van der Waals surface area contributed by atoms with E-state index in [1.54, 1.807) is 6.20 Å². The Hall–Kier alpha value is -2.03. The smallest absolute Gasteiger partial charge is 0.170 e. The third-order valence-electron chi connectivity index (χ3n) is 2.61. The van der Waals surface area contributed by atoms with Gasteiger partial charge in [0, 0.05) is 5.56 Å². The lowest BCUT2D eigenvalue weighted by atomic mass is 9.95. The van der Waals surface area contributed by atoms with Crippen LogP contribution in [0.4, 0.5) is 0 Å². The van der Waals surface area contributed by atoms with Gasteiger partial charge < -0.3 is 0 Å². The van der Waals surface area contributed by atoms with Crippen LogP contribution in [0, 0.1) is 13.8 Å². The lowest BCUT2D eigenvalue weighted by Gasteiger charge is -2.10. The highest BCUT2D eigenvalue weighted by Crippen LogP contribution is 2.27. The summed E-state index contributed by atoms with van der Waals surface area (Å²) in [6.45, 7) is 4.05. The molecule has 1 aromatic heterocycles. The summed E-state index contributed by atoms with van der Waals surface area (Å²) in [6.07, 6.45) is 2.35. The zero-order valence-corrected chi connectivity index (χ0v) is 9.27. The van der Waals surface area contributed by atoms with Crippen LogP contribution in [0.1, 0.15) is 21.6 Å². The van der Waals surface area contributed by atoms with Crippen LogP contribution in [0.25, 0.3) is 11.1 Å². The monoisotopic (exact) mass is 212 g/mol. The van der Waals surface area contributed by atoms with Gasteiger partial charge in [0.05, 0.1) is 6.20 Å². The maximum absolute atomic E-state index is 10.9. The van der Waals surface area contributed by atoms with E-state index >= 15 is 0 Å². The number of benzene rings is 1. The molecule has 0 unspecified atom stereocenters. The maximum atomic E-state index is 10.9. The van der Waals surface area contributed by atoms with Crippen molar-refractivity contribution in [3.05, 3.63) is 47.3 Å². The molecule has 0 aliphatic carbocycles. The molecule has 2 rings (SSSR count). The van der Waals surface area contributed by atoms with Gasteiger partial charge in [-0.25, -0.2) is 0 Å². The average Bonchev–Trinajstić information content (AvgIpc) is 2.29. The van der Waals surface area contributed by atoms with Gasteiger partial charge in [-0.2, -0.15) is 5.10 Å². The van der Waals surface area contributed by atoms with E-state index in [1.807, 2.05) is 38.1 Å². The minimum atomic E-state index is 0.389. The fraction of sp³-hybridized carbons (Fsp3) is 0.154. The Morgan fingerprint density at radius 3 is 2.44 bits per heavy atom. The molecule has 80 valence electrons. The Balaban J connectivity index is 2.72. The van der Waals surface area contributed by atoms with E-state index in [2.05, 4.69) is 10.2 Å². The predicted molar refractivity (Wildman–Crippen MR) is 62.3 cm³/mol. The molecule has 0 saturated carbocycles. The third kappa shape index (κ3) is 1.72. The van der Waals surface area contributed by atoms with E-state index in [0.29, 0.717) is 5.69 Å². The minimum Gasteiger partial charge on any atom is -0.296 e. The van der Waals surface area contributed by atoms with Crippen LogP contribution < -0.4 is 0 Å². The van der Waals surface area contributed by atoms with Gasteiger partial charge in [0.25, 0.3) is 0 Å². The molecule has 0 N–H and O–H groups in total. The second-order valence-corrected chi connectivity index (χ2v) is 3.71. The highest BCUT2D eigenvalue weighted by Gasteiger charge is 2.10. The van der Waals surface area contributed by atoms with E-state index in [4.69, 9.17) is 0 Å². The van der Waals surface area contributed by atoms with Crippen molar-refractivity contribution in [1.29, 1.82) is 0 Å². The fourth-order valence-electron chi connectivity index (χ4n) is 1.88. The van der Waals surface area contributed by atoms with Crippen molar-refractivity contribution in [1.82, 2.24) is 10.2 Å². The van der Waals surface area contributed by atoms with E-state index in [-0.39, 0.29) is 0 Å². The van der Waals surface area contributed by atoms with Crippen molar-refractivity contribution in [3.63, 3.8) is 0 Å². The molecule has 1 aromatic carbocycles. The van der Waals surface area contributed by atoms with Crippen molar-refractivity contribution in [2.75, 3.05) is 0 Å². The number of rotatable bonds is 2. The molecular formula is C13H12N2O. The van der Waals surface area contributed by atoms with Gasteiger partial charge in [-0.3, -0.25) is 4.79 Å². The van der Waals surface area contributed by atoms with Gasteiger partial charge in [-0.05, 0) is 36.6 Å². The highest BCUT2D eigenvalue weighted by atomic mass is 16.1. The standard InChI is InChI=1S/C13H12N2O/c1-9-4-3-5-10(2)13(9)11-6-7-14-15-12(11)8-16/h3-8H,1-2H3. The topological polar surface area (TPSA) is 42.9 Å². The molecule has 0 fully saturated rings. The molecule has 3 nitrogen and oxygen atoms in total. The summed E-state index contributed by atoms with van der Waals surface area (Å²) in [5.41, 5.74) is 4.58. The number of hydrogen-bond acceptors (Lipinski definition) is 3. The number of nitrogens with zero attached hydrogens (tertiary/aromatic N) is 2. The molecule has 1 heterocycles. The Morgan fingerprint density at radius 2 is 1.81 bits per heavy atom. The first-order valence-corrected chi connectivity index (χ1v) is 5.07. The molecular weight excluding hydrogens is 200 g/mol. The lowest BCUT2D eigenvalue weighted by molar-refractivity contribution is 0.111. The summed E-state index contributed by atoms with van der Waals surface area (Å²) in [5.74, 6) is 0. The predicted octanol–water partition coefficient (Wildman–Crippen LogP) is 2.57. The molecule has 16 heavy (non-hydrogen) atoms. The Labute approximate surface area is 94.2 Å². The fourth-order valence-corrected chi connectivity index (χ4v) is 1.88. The van der Waals surface area contributed by atoms with Crippen molar-refractivity contribution in [3.8, 4) is 11.1 Å². The molecule has 0 aliphatic heterocycles. The number of aryl methyl sites for hydroxylation is 2. The summed E-state index contributed by atoms with van der Waals surface area (Å²) in [4.78, 5) is 10.9. The van der Waals surface area contributed by atoms with Gasteiger partial charge in [0.2, 0.25) is 0 Å². The van der Waals surface area contributed by atoms with Crippen molar-refractivity contribution in [2.45, 2.75) is 13.8 Å². The Bertz CT molecular complexity index is 515. The zero-order valence-electron chi connectivity index (χ0n) is 9.27. The molecule has 0 amide bonds. The number of aldehydes is 1. The molecule has 3 heteroatoms. The summed E-state index contributed by atoms with van der Waals surface area (Å²) in [7, 11) is 0. The van der Waals surface area contributed by atoms with E-state index in [0.717, 1.165) is 28.5 Å². The molecule has 0 atom stereocenters. The van der Waals surface area contributed by atoms with Crippen LogP contribution in [-0.2, 0) is 0 Å². The van der Waals surface area contributed by atoms with Gasteiger partial charge in [-0.15, -0.1) is 5.10 Å². The Kier molecular flexibility index (Phi) is 2.77. The first kappa shape index (κ1) is 10.5. The van der Waals surface area contributed by atoms with Crippen LogP contribution in [0.2, 0.25) is 0 Å². The summed E-state index contributed by atoms with van der Waals surface area (Å²) in [5, 5.41) is 7.56. The van der Waals surface area contributed by atoms with Crippen molar-refractivity contribution >= 4 is 6.29 Å². The second-order valence-electron chi connectivity index (χ2n) is 3.71. The SMILES string of the molecule is Cc1cccc(C)c1-c1ccnnc1C=O. The van der Waals surface area contributed by atoms with Gasteiger partial charge in [-0.1, -0.05) is 18.2 Å². The number of carbonyl (C=O) groups excluding carboxylic acids is 1. The molecule has 2 aromatic rings. The highest BCUT2D eigenvalue weighted by molar-refractivity contribution is 5.86. The summed E-state index contributed by atoms with van der Waals surface area (Å²) < 4.78 is 0. The zero-order chi connectivity index (χ0) is 11.5. The first-order valence-electron chi connectivity index (χ1n) is 5.07. The number of carbonyl (C=O) groups is 1. The molecule has 0 bridgehead atoms. The molecule has 0 spiro atoms. The first-order chi connectivity index (χ1) is 7.74. The van der Waals surface area contributed by atoms with Crippen LogP contribution >= 0.6 is 0 Å². The number of hydrogen-bond donors (Lipinski definition) is 0. The largest absolute Gasteiger partial charge is 0.296 e. The third-order valence-corrected chi connectivity index (χ3v) is 2.61. The van der Waals surface area contributed by atoms with Gasteiger partial charge in [0.1, 0.15) is 5.69 Å². The maximum Gasteiger partial charge on any atom is 0.170 e. The van der Waals surface area contributed by atoms with Crippen LogP contribution in [0.5, 0.6) is 0 Å². The average molecular weight is 212 g/mol. The van der Waals surface area contributed by atoms with Crippen LogP contribution in [0.3, 0.4) is 0 Å². The normalized spacial score (nSPS) is 10.1. The quantitative estimate of drug-likeness (QED) is 0.718. The number of aromatic nitrogens is 2. The van der Waals surface area contributed by atoms with Crippen LogP contribution in [0.15, 0.2) is 30.5 Å². The van der Waals surface area contributed by atoms with Crippen LogP contribution in [-0.4, -0.2) is 16.5 Å². The molecule has 0 saturated heterocycles. The summed E-state index contributed by atoms with van der Waals surface area (Å²) in [6, 6.07) is 7.88. The van der Waals surface area contributed by atoms with Gasteiger partial charge in [0.15, 0.2) is 6.29 Å². The van der Waals surface area contributed by atoms with Crippen molar-refractivity contribution < 1.29 is 4.79 Å². The molecule has 0 radical (unpaired) electrons. The summed E-state index contributed by atoms with van der Waals surface area (Å²) >= 11 is 0. The second kappa shape index (κ2) is 4.23. The minimum absolute atomic E-state index is 0.389.